The molecular weight excluding hydrogens is 208 g/mol. The van der Waals surface area contributed by atoms with E-state index < -0.39 is 6.04 Å². The van der Waals surface area contributed by atoms with E-state index in [0.717, 1.165) is 16.4 Å². The van der Waals surface area contributed by atoms with Gasteiger partial charge in [-0.15, -0.1) is 0 Å². The topological polar surface area (TPSA) is 67.2 Å². The number of carbonyl (C=O) groups is 2. The fraction of sp³-hybridized carbons (Fsp3) is 0.500. The maximum absolute atomic E-state index is 11.7. The van der Waals surface area contributed by atoms with Gasteiger partial charge in [-0.1, -0.05) is 0 Å². The Morgan fingerprint density at radius 3 is 2.56 bits per heavy atom. The number of aromatic nitrogens is 2. The molecule has 1 aliphatic rings. The first-order valence-electron chi connectivity index (χ1n) is 5.06. The van der Waals surface area contributed by atoms with Crippen LogP contribution >= 0.6 is 0 Å². The van der Waals surface area contributed by atoms with Crippen molar-refractivity contribution in [3.8, 4) is 0 Å². The van der Waals surface area contributed by atoms with E-state index in [2.05, 4.69) is 10.4 Å². The van der Waals surface area contributed by atoms with Crippen LogP contribution in [0, 0.1) is 6.92 Å². The molecule has 16 heavy (non-hydrogen) atoms. The van der Waals surface area contributed by atoms with Crippen LogP contribution in [0.1, 0.15) is 12.1 Å². The van der Waals surface area contributed by atoms with Crippen LogP contribution in [0.3, 0.4) is 0 Å². The van der Waals surface area contributed by atoms with Crippen molar-refractivity contribution in [1.29, 1.82) is 0 Å². The van der Waals surface area contributed by atoms with Gasteiger partial charge in [-0.25, -0.2) is 0 Å². The number of hydrogen-bond acceptors (Lipinski definition) is 4. The Balaban J connectivity index is 2.14. The molecule has 1 aromatic rings. The Hall–Kier alpha value is -1.85. The first-order valence-corrected chi connectivity index (χ1v) is 5.06. The normalized spacial score (nSPS) is 20.7. The van der Waals surface area contributed by atoms with Crippen molar-refractivity contribution >= 4 is 17.6 Å². The summed E-state index contributed by atoms with van der Waals surface area (Å²) >= 11 is 0. The molecule has 1 aliphatic heterocycles. The lowest BCUT2D eigenvalue weighted by Gasteiger charge is -2.11. The van der Waals surface area contributed by atoms with Gasteiger partial charge in [0.2, 0.25) is 5.91 Å². The molecule has 2 heterocycles. The maximum Gasteiger partial charge on any atom is 0.251 e. The van der Waals surface area contributed by atoms with Crippen LogP contribution in [0.15, 0.2) is 6.07 Å². The minimum atomic E-state index is -0.465. The standard InChI is InChI=1S/C10H14N4O2/c1-6-4-8(14(3)12-6)11-7-5-9(15)13(2)10(7)16/h4,7,11H,5H2,1-3H3. The number of anilines is 1. The third kappa shape index (κ3) is 1.66. The number of nitrogens with one attached hydrogen (secondary N) is 1. The third-order valence-corrected chi connectivity index (χ3v) is 2.71. The summed E-state index contributed by atoms with van der Waals surface area (Å²) in [6.45, 7) is 1.87. The van der Waals surface area contributed by atoms with Crippen molar-refractivity contribution in [2.75, 3.05) is 12.4 Å². The first kappa shape index (κ1) is 10.7. The highest BCUT2D eigenvalue weighted by atomic mass is 16.2. The average Bonchev–Trinajstić information content (AvgIpc) is 2.64. The van der Waals surface area contributed by atoms with Gasteiger partial charge < -0.3 is 5.32 Å². The number of imide groups is 1. The average molecular weight is 222 g/mol. The summed E-state index contributed by atoms with van der Waals surface area (Å²) in [4.78, 5) is 24.1. The van der Waals surface area contributed by atoms with E-state index in [-0.39, 0.29) is 18.2 Å². The van der Waals surface area contributed by atoms with Crippen LogP contribution in [-0.4, -0.2) is 39.6 Å². The minimum absolute atomic E-state index is 0.151. The second kappa shape index (κ2) is 3.62. The summed E-state index contributed by atoms with van der Waals surface area (Å²) in [5.74, 6) is 0.407. The molecule has 1 unspecified atom stereocenters. The second-order valence-electron chi connectivity index (χ2n) is 3.99. The Labute approximate surface area is 93.2 Å². The monoisotopic (exact) mass is 222 g/mol. The largest absolute Gasteiger partial charge is 0.358 e. The summed E-state index contributed by atoms with van der Waals surface area (Å²) in [6, 6.07) is 1.38. The summed E-state index contributed by atoms with van der Waals surface area (Å²) < 4.78 is 1.66. The molecule has 2 rings (SSSR count). The van der Waals surface area contributed by atoms with Gasteiger partial charge >= 0.3 is 0 Å². The summed E-state index contributed by atoms with van der Waals surface area (Å²) in [5.41, 5.74) is 0.870. The zero-order chi connectivity index (χ0) is 11.9. The molecule has 1 N–H and O–H groups in total. The number of rotatable bonds is 2. The fourth-order valence-corrected chi connectivity index (χ4v) is 1.79. The van der Waals surface area contributed by atoms with Crippen LogP contribution in [0.4, 0.5) is 5.82 Å². The number of aryl methyl sites for hydroxylation is 2. The van der Waals surface area contributed by atoms with Gasteiger partial charge in [0, 0.05) is 20.2 Å². The molecule has 1 saturated heterocycles. The number of likely N-dealkylation sites (tertiary alicyclic amines) is 1. The number of hydrogen-bond donors (Lipinski definition) is 1. The molecule has 0 bridgehead atoms. The highest BCUT2D eigenvalue weighted by Gasteiger charge is 2.36. The number of carbonyl (C=O) groups excluding carboxylic acids is 2. The van der Waals surface area contributed by atoms with Crippen molar-refractivity contribution in [3.05, 3.63) is 11.8 Å². The van der Waals surface area contributed by atoms with E-state index >= 15 is 0 Å². The Morgan fingerprint density at radius 1 is 1.44 bits per heavy atom. The van der Waals surface area contributed by atoms with Gasteiger partial charge in [0.15, 0.2) is 0 Å². The van der Waals surface area contributed by atoms with Crippen molar-refractivity contribution in [2.45, 2.75) is 19.4 Å². The molecule has 86 valence electrons. The molecule has 1 fully saturated rings. The highest BCUT2D eigenvalue weighted by molar-refractivity contribution is 6.06. The SMILES string of the molecule is Cc1cc(NC2CC(=O)N(C)C2=O)n(C)n1. The molecule has 1 aromatic heterocycles. The summed E-state index contributed by atoms with van der Waals surface area (Å²) in [6.07, 6.45) is 0.208. The second-order valence-corrected chi connectivity index (χ2v) is 3.99. The maximum atomic E-state index is 11.7. The molecular formula is C10H14N4O2. The van der Waals surface area contributed by atoms with Gasteiger partial charge in [0.05, 0.1) is 12.1 Å². The zero-order valence-electron chi connectivity index (χ0n) is 9.52. The van der Waals surface area contributed by atoms with E-state index in [1.54, 1.807) is 11.7 Å². The van der Waals surface area contributed by atoms with E-state index in [1.165, 1.54) is 7.05 Å². The summed E-state index contributed by atoms with van der Waals surface area (Å²) in [7, 11) is 3.29. The van der Waals surface area contributed by atoms with Crippen LogP contribution < -0.4 is 5.32 Å². The lowest BCUT2D eigenvalue weighted by Crippen LogP contribution is -2.32. The number of amides is 2. The molecule has 1 atom stereocenters. The van der Waals surface area contributed by atoms with Gasteiger partial charge in [0.25, 0.3) is 5.91 Å². The van der Waals surface area contributed by atoms with Gasteiger partial charge in [-0.3, -0.25) is 19.2 Å². The Bertz CT molecular complexity index is 452. The molecule has 6 heteroatoms. The molecule has 6 nitrogen and oxygen atoms in total. The van der Waals surface area contributed by atoms with Crippen LogP contribution in [0.2, 0.25) is 0 Å². The first-order chi connectivity index (χ1) is 7.49. The number of likely N-dealkylation sites (N-methyl/N-ethyl adjacent to an activating group) is 1. The smallest absolute Gasteiger partial charge is 0.251 e. The molecule has 2 amide bonds. The van der Waals surface area contributed by atoms with Crippen molar-refractivity contribution in [2.24, 2.45) is 7.05 Å². The molecule has 0 saturated carbocycles. The highest BCUT2D eigenvalue weighted by Crippen LogP contribution is 2.17. The zero-order valence-corrected chi connectivity index (χ0v) is 9.52. The molecule has 0 spiro atoms. The van der Waals surface area contributed by atoms with Crippen LogP contribution in [0.5, 0.6) is 0 Å². The van der Waals surface area contributed by atoms with Crippen molar-refractivity contribution in [1.82, 2.24) is 14.7 Å². The predicted octanol–water partition coefficient (Wildman–Crippen LogP) is -0.102. The van der Waals surface area contributed by atoms with Crippen molar-refractivity contribution in [3.63, 3.8) is 0 Å². The van der Waals surface area contributed by atoms with E-state index in [9.17, 15) is 9.59 Å². The quantitative estimate of drug-likeness (QED) is 0.709. The predicted molar refractivity (Wildman–Crippen MR) is 57.7 cm³/mol. The van der Waals surface area contributed by atoms with Crippen LogP contribution in [0.25, 0.3) is 0 Å². The molecule has 0 aromatic carbocycles. The fourth-order valence-electron chi connectivity index (χ4n) is 1.79. The van der Waals surface area contributed by atoms with Gasteiger partial charge in [-0.2, -0.15) is 5.10 Å². The third-order valence-electron chi connectivity index (χ3n) is 2.71. The lowest BCUT2D eigenvalue weighted by molar-refractivity contribution is -0.136. The Morgan fingerprint density at radius 2 is 2.12 bits per heavy atom. The molecule has 0 radical (unpaired) electrons. The van der Waals surface area contributed by atoms with Crippen molar-refractivity contribution < 1.29 is 9.59 Å². The number of nitrogens with zero attached hydrogens (tertiary/aromatic N) is 3. The lowest BCUT2D eigenvalue weighted by atomic mass is 10.2. The van der Waals surface area contributed by atoms with E-state index in [4.69, 9.17) is 0 Å². The van der Waals surface area contributed by atoms with Gasteiger partial charge in [-0.05, 0) is 6.92 Å². The Kier molecular flexibility index (Phi) is 2.41. The van der Waals surface area contributed by atoms with Crippen LogP contribution in [-0.2, 0) is 16.6 Å². The summed E-state index contributed by atoms with van der Waals surface area (Å²) in [5, 5.41) is 7.19. The molecule has 0 aliphatic carbocycles. The minimum Gasteiger partial charge on any atom is -0.358 e. The van der Waals surface area contributed by atoms with E-state index in [1.807, 2.05) is 13.0 Å². The van der Waals surface area contributed by atoms with Gasteiger partial charge in [0.1, 0.15) is 11.9 Å². The van der Waals surface area contributed by atoms with E-state index in [0.29, 0.717) is 0 Å².